The summed E-state index contributed by atoms with van der Waals surface area (Å²) in [6.07, 6.45) is 10.1. The summed E-state index contributed by atoms with van der Waals surface area (Å²) < 4.78 is 0. The maximum absolute atomic E-state index is 12.7. The van der Waals surface area contributed by atoms with E-state index < -0.39 is 0 Å². The van der Waals surface area contributed by atoms with E-state index in [0.29, 0.717) is 36.2 Å². The monoisotopic (exact) mass is 477 g/mol. The van der Waals surface area contributed by atoms with Gasteiger partial charge in [-0.15, -0.1) is 0 Å². The molecule has 3 heterocycles. The molecule has 186 valence electrons. The van der Waals surface area contributed by atoms with Crippen LogP contribution in [0.3, 0.4) is 0 Å². The van der Waals surface area contributed by atoms with Gasteiger partial charge in [0.25, 0.3) is 5.91 Å². The Morgan fingerprint density at radius 2 is 1.77 bits per heavy atom. The highest BCUT2D eigenvalue weighted by Crippen LogP contribution is 2.33. The van der Waals surface area contributed by atoms with Crippen molar-refractivity contribution in [2.45, 2.75) is 63.5 Å². The molecule has 0 spiro atoms. The number of rotatable bonds is 5. The van der Waals surface area contributed by atoms with E-state index in [0.717, 1.165) is 50.3 Å². The van der Waals surface area contributed by atoms with Crippen LogP contribution in [0, 0.1) is 0 Å². The molecule has 3 N–H and O–H groups in total. The number of hydrogen-bond acceptors (Lipinski definition) is 7. The Morgan fingerprint density at radius 3 is 2.51 bits per heavy atom. The highest BCUT2D eigenvalue weighted by atomic mass is 16.2. The molecule has 2 aromatic rings. The Hall–Kier alpha value is -3.20. The standard InChI is InChI=1S/C26H35N7O2/c1-32-14-11-20(12-15-32)28-25(35)18-7-9-19(10-8-18)29-26-27-17-22-24(31-26)33(16-13-23(34)30-22)21-5-3-2-4-6-21/h7-10,17,20-21H,2-6,11-16H2,1H3,(H,28,35)(H,30,34)(H,27,29,31). The maximum atomic E-state index is 12.7. The van der Waals surface area contributed by atoms with Crippen molar-refractivity contribution in [2.24, 2.45) is 0 Å². The third-order valence-corrected chi connectivity index (χ3v) is 7.37. The van der Waals surface area contributed by atoms with Crippen molar-refractivity contribution in [1.29, 1.82) is 0 Å². The van der Waals surface area contributed by atoms with E-state index in [1.54, 1.807) is 6.20 Å². The largest absolute Gasteiger partial charge is 0.351 e. The summed E-state index contributed by atoms with van der Waals surface area (Å²) in [6.45, 7) is 2.69. The van der Waals surface area contributed by atoms with E-state index in [1.165, 1.54) is 19.3 Å². The number of amides is 2. The minimum absolute atomic E-state index is 0.00276. The third kappa shape index (κ3) is 5.73. The topological polar surface area (TPSA) is 102 Å². The fraction of sp³-hybridized carbons (Fsp3) is 0.538. The van der Waals surface area contributed by atoms with Crippen molar-refractivity contribution >= 4 is 35.0 Å². The van der Waals surface area contributed by atoms with Crippen LogP contribution in [0.25, 0.3) is 0 Å². The molecular weight excluding hydrogens is 442 g/mol. The number of carbonyl (C=O) groups is 2. The van der Waals surface area contributed by atoms with Crippen molar-refractivity contribution in [1.82, 2.24) is 20.2 Å². The summed E-state index contributed by atoms with van der Waals surface area (Å²) in [4.78, 5) is 38.7. The smallest absolute Gasteiger partial charge is 0.251 e. The molecule has 5 rings (SSSR count). The zero-order valence-corrected chi connectivity index (χ0v) is 20.4. The van der Waals surface area contributed by atoms with E-state index in [9.17, 15) is 9.59 Å². The quantitative estimate of drug-likeness (QED) is 0.605. The fourth-order valence-electron chi connectivity index (χ4n) is 5.28. The molecule has 2 fully saturated rings. The number of hydrogen-bond donors (Lipinski definition) is 3. The van der Waals surface area contributed by atoms with Crippen LogP contribution in [0.2, 0.25) is 0 Å². The molecule has 2 aliphatic heterocycles. The first-order valence-corrected chi connectivity index (χ1v) is 12.9. The first kappa shape index (κ1) is 23.5. The molecule has 3 aliphatic rings. The molecule has 1 saturated heterocycles. The third-order valence-electron chi connectivity index (χ3n) is 7.37. The van der Waals surface area contributed by atoms with Gasteiger partial charge in [-0.05, 0) is 70.1 Å². The van der Waals surface area contributed by atoms with Gasteiger partial charge in [-0.1, -0.05) is 19.3 Å². The molecule has 0 unspecified atom stereocenters. The molecule has 0 radical (unpaired) electrons. The summed E-state index contributed by atoms with van der Waals surface area (Å²) in [7, 11) is 2.11. The Balaban J connectivity index is 1.27. The average molecular weight is 478 g/mol. The second-order valence-electron chi connectivity index (χ2n) is 9.97. The van der Waals surface area contributed by atoms with Gasteiger partial charge >= 0.3 is 0 Å². The lowest BCUT2D eigenvalue weighted by atomic mass is 9.94. The zero-order valence-electron chi connectivity index (χ0n) is 20.4. The number of likely N-dealkylation sites (tertiary alicyclic amines) is 1. The molecule has 0 atom stereocenters. The van der Waals surface area contributed by atoms with Crippen LogP contribution in [0.15, 0.2) is 30.5 Å². The summed E-state index contributed by atoms with van der Waals surface area (Å²) >= 11 is 0. The Bertz CT molecular complexity index is 1040. The van der Waals surface area contributed by atoms with Gasteiger partial charge in [0.2, 0.25) is 11.9 Å². The van der Waals surface area contributed by atoms with Gasteiger partial charge in [-0.25, -0.2) is 4.98 Å². The van der Waals surface area contributed by atoms with Crippen LogP contribution >= 0.6 is 0 Å². The molecule has 1 aromatic heterocycles. The average Bonchev–Trinajstić information content (AvgIpc) is 3.04. The highest BCUT2D eigenvalue weighted by Gasteiger charge is 2.28. The Kier molecular flexibility index (Phi) is 7.13. The van der Waals surface area contributed by atoms with E-state index in [2.05, 4.69) is 37.8 Å². The lowest BCUT2D eigenvalue weighted by molar-refractivity contribution is -0.116. The number of nitrogens with one attached hydrogen (secondary N) is 3. The minimum atomic E-state index is -0.0359. The lowest BCUT2D eigenvalue weighted by Gasteiger charge is -2.34. The lowest BCUT2D eigenvalue weighted by Crippen LogP contribution is -2.43. The van der Waals surface area contributed by atoms with Gasteiger partial charge in [0.15, 0.2) is 5.82 Å². The van der Waals surface area contributed by atoms with Gasteiger partial charge in [0, 0.05) is 36.3 Å². The van der Waals surface area contributed by atoms with Crippen molar-refractivity contribution < 1.29 is 9.59 Å². The first-order chi connectivity index (χ1) is 17.0. The van der Waals surface area contributed by atoms with E-state index in [1.807, 2.05) is 24.3 Å². The molecule has 9 nitrogen and oxygen atoms in total. The number of benzene rings is 1. The molecule has 1 saturated carbocycles. The number of piperidine rings is 1. The van der Waals surface area contributed by atoms with Crippen LogP contribution in [0.5, 0.6) is 0 Å². The molecule has 0 bridgehead atoms. The predicted molar refractivity (Wildman–Crippen MR) is 137 cm³/mol. The van der Waals surface area contributed by atoms with Crippen molar-refractivity contribution in [2.75, 3.05) is 42.2 Å². The molecule has 2 amide bonds. The van der Waals surface area contributed by atoms with Crippen molar-refractivity contribution in [3.8, 4) is 0 Å². The minimum Gasteiger partial charge on any atom is -0.351 e. The first-order valence-electron chi connectivity index (χ1n) is 12.9. The molecule has 1 aromatic carbocycles. The molecular formula is C26H35N7O2. The Morgan fingerprint density at radius 1 is 1.03 bits per heavy atom. The summed E-state index contributed by atoms with van der Waals surface area (Å²) in [6, 6.07) is 8.03. The van der Waals surface area contributed by atoms with Crippen molar-refractivity contribution in [3.63, 3.8) is 0 Å². The summed E-state index contributed by atoms with van der Waals surface area (Å²) in [5.41, 5.74) is 2.12. The number of aromatic nitrogens is 2. The van der Waals surface area contributed by atoms with Crippen LogP contribution < -0.4 is 20.9 Å². The normalized spacial score (nSPS) is 20.0. The summed E-state index contributed by atoms with van der Waals surface area (Å²) in [5, 5.41) is 9.37. The van der Waals surface area contributed by atoms with Crippen LogP contribution in [0.4, 0.5) is 23.1 Å². The number of anilines is 4. The maximum Gasteiger partial charge on any atom is 0.251 e. The van der Waals surface area contributed by atoms with Gasteiger partial charge in [0.1, 0.15) is 5.69 Å². The second-order valence-corrected chi connectivity index (χ2v) is 9.97. The Labute approximate surface area is 206 Å². The fourth-order valence-corrected chi connectivity index (χ4v) is 5.28. The number of fused-ring (bicyclic) bond motifs is 1. The highest BCUT2D eigenvalue weighted by molar-refractivity contribution is 5.96. The van der Waals surface area contributed by atoms with E-state index in [-0.39, 0.29) is 17.9 Å². The molecule has 1 aliphatic carbocycles. The van der Waals surface area contributed by atoms with Gasteiger partial charge in [-0.3, -0.25) is 9.59 Å². The van der Waals surface area contributed by atoms with Crippen molar-refractivity contribution in [3.05, 3.63) is 36.0 Å². The van der Waals surface area contributed by atoms with Crippen LogP contribution in [0.1, 0.15) is 61.7 Å². The molecule has 35 heavy (non-hydrogen) atoms. The number of carbonyl (C=O) groups excluding carboxylic acids is 2. The SMILES string of the molecule is CN1CCC(NC(=O)c2ccc(Nc3ncc4c(n3)N(C3CCCCC3)CCC(=O)N4)cc2)CC1. The summed E-state index contributed by atoms with van der Waals surface area (Å²) in [5.74, 6) is 1.23. The van der Waals surface area contributed by atoms with Gasteiger partial charge < -0.3 is 25.8 Å². The number of nitrogens with zero attached hydrogens (tertiary/aromatic N) is 4. The van der Waals surface area contributed by atoms with Gasteiger partial charge in [0.05, 0.1) is 6.20 Å². The second kappa shape index (κ2) is 10.6. The zero-order chi connectivity index (χ0) is 24.2. The van der Waals surface area contributed by atoms with E-state index >= 15 is 0 Å². The van der Waals surface area contributed by atoms with E-state index in [4.69, 9.17) is 4.98 Å². The van der Waals surface area contributed by atoms with Gasteiger partial charge in [-0.2, -0.15) is 4.98 Å². The van der Waals surface area contributed by atoms with Crippen LogP contribution in [-0.2, 0) is 4.79 Å². The molecule has 9 heteroatoms. The predicted octanol–water partition coefficient (Wildman–Crippen LogP) is 3.53. The van der Waals surface area contributed by atoms with Crippen LogP contribution in [-0.4, -0.2) is 65.4 Å².